The van der Waals surface area contributed by atoms with Crippen molar-refractivity contribution in [3.63, 3.8) is 0 Å². The number of carbonyl (C=O) groups excluding carboxylic acids is 2. The summed E-state index contributed by atoms with van der Waals surface area (Å²) in [7, 11) is 0. The van der Waals surface area contributed by atoms with Gasteiger partial charge in [0.1, 0.15) is 11.6 Å². The predicted molar refractivity (Wildman–Crippen MR) is 90.0 cm³/mol. The van der Waals surface area contributed by atoms with Crippen molar-refractivity contribution in [1.82, 2.24) is 5.32 Å². The lowest BCUT2D eigenvalue weighted by molar-refractivity contribution is -0.121. The van der Waals surface area contributed by atoms with E-state index in [0.717, 1.165) is 28.9 Å². The Hall–Kier alpha value is -2.76. The summed E-state index contributed by atoms with van der Waals surface area (Å²) >= 11 is 0. The second-order valence-corrected chi connectivity index (χ2v) is 6.13. The molecule has 4 nitrogen and oxygen atoms in total. The van der Waals surface area contributed by atoms with Crippen LogP contribution in [0.3, 0.4) is 0 Å². The number of fused-ring (bicyclic) bond motifs is 1. The van der Waals surface area contributed by atoms with E-state index in [1.165, 1.54) is 6.07 Å². The topological polar surface area (TPSA) is 58.2 Å². The van der Waals surface area contributed by atoms with Gasteiger partial charge in [-0.3, -0.25) is 9.59 Å². The van der Waals surface area contributed by atoms with E-state index < -0.39 is 17.5 Å². The van der Waals surface area contributed by atoms with E-state index in [0.29, 0.717) is 12.8 Å². The summed E-state index contributed by atoms with van der Waals surface area (Å²) < 4.78 is 27.3. The van der Waals surface area contributed by atoms with Crippen LogP contribution in [0, 0.1) is 11.6 Å². The highest BCUT2D eigenvalue weighted by molar-refractivity contribution is 5.93. The van der Waals surface area contributed by atoms with Crippen LogP contribution < -0.4 is 10.6 Å². The number of anilines is 1. The van der Waals surface area contributed by atoms with Gasteiger partial charge >= 0.3 is 0 Å². The summed E-state index contributed by atoms with van der Waals surface area (Å²) in [5.41, 5.74) is 2.43. The molecular weight excluding hydrogens is 326 g/mol. The predicted octanol–water partition coefficient (Wildman–Crippen LogP) is 3.27. The molecule has 0 saturated carbocycles. The van der Waals surface area contributed by atoms with Crippen LogP contribution in [0.4, 0.5) is 14.5 Å². The Balaban J connectivity index is 1.69. The molecule has 130 valence electrons. The van der Waals surface area contributed by atoms with Crippen LogP contribution in [0.15, 0.2) is 36.4 Å². The van der Waals surface area contributed by atoms with Crippen molar-refractivity contribution in [3.05, 3.63) is 64.7 Å². The lowest BCUT2D eigenvalue weighted by atomic mass is 9.97. The molecule has 25 heavy (non-hydrogen) atoms. The molecule has 1 aliphatic heterocycles. The van der Waals surface area contributed by atoms with Crippen molar-refractivity contribution in [2.45, 2.75) is 32.2 Å². The van der Waals surface area contributed by atoms with E-state index in [4.69, 9.17) is 0 Å². The zero-order valence-electron chi connectivity index (χ0n) is 13.7. The molecule has 1 heterocycles. The molecule has 1 unspecified atom stereocenters. The average Bonchev–Trinajstić information content (AvgIpc) is 2.57. The van der Waals surface area contributed by atoms with Crippen LogP contribution in [0.2, 0.25) is 0 Å². The monoisotopic (exact) mass is 344 g/mol. The number of halogens is 2. The molecule has 2 N–H and O–H groups in total. The van der Waals surface area contributed by atoms with Crippen molar-refractivity contribution in [2.24, 2.45) is 0 Å². The molecule has 0 aliphatic carbocycles. The Bertz CT molecular complexity index is 816. The van der Waals surface area contributed by atoms with Crippen molar-refractivity contribution in [3.8, 4) is 0 Å². The summed E-state index contributed by atoms with van der Waals surface area (Å²) in [6.07, 6.45) is 0.726. The third-order valence-corrected chi connectivity index (χ3v) is 4.30. The van der Waals surface area contributed by atoms with Gasteiger partial charge in [-0.2, -0.15) is 0 Å². The fraction of sp³-hybridized carbons (Fsp3) is 0.263. The van der Waals surface area contributed by atoms with Crippen LogP contribution in [0.1, 0.15) is 36.1 Å². The minimum Gasteiger partial charge on any atom is -0.349 e. The molecule has 0 aromatic heterocycles. The quantitative estimate of drug-likeness (QED) is 0.894. The van der Waals surface area contributed by atoms with E-state index in [1.54, 1.807) is 13.0 Å². The van der Waals surface area contributed by atoms with Crippen molar-refractivity contribution < 1.29 is 18.4 Å². The van der Waals surface area contributed by atoms with E-state index in [-0.39, 0.29) is 23.9 Å². The molecule has 2 amide bonds. The van der Waals surface area contributed by atoms with E-state index in [2.05, 4.69) is 10.6 Å². The number of benzene rings is 2. The SMILES string of the molecule is CC(NC(=O)Cc1c(F)cccc1F)c1ccc2c(c1)CCC(=O)N2. The van der Waals surface area contributed by atoms with Crippen molar-refractivity contribution in [1.29, 1.82) is 0 Å². The zero-order valence-corrected chi connectivity index (χ0v) is 13.7. The molecule has 1 atom stereocenters. The van der Waals surface area contributed by atoms with Gasteiger partial charge in [-0.05, 0) is 42.7 Å². The Morgan fingerprint density at radius 1 is 1.20 bits per heavy atom. The van der Waals surface area contributed by atoms with Gasteiger partial charge in [-0.15, -0.1) is 0 Å². The van der Waals surface area contributed by atoms with E-state index >= 15 is 0 Å². The first-order chi connectivity index (χ1) is 11.9. The number of aryl methyl sites for hydroxylation is 1. The van der Waals surface area contributed by atoms with Gasteiger partial charge in [0.25, 0.3) is 0 Å². The molecule has 0 spiro atoms. The summed E-state index contributed by atoms with van der Waals surface area (Å²) in [6.45, 7) is 1.80. The molecule has 6 heteroatoms. The third-order valence-electron chi connectivity index (χ3n) is 4.30. The van der Waals surface area contributed by atoms with Gasteiger partial charge in [0, 0.05) is 17.7 Å². The molecule has 1 aliphatic rings. The third kappa shape index (κ3) is 3.84. The van der Waals surface area contributed by atoms with E-state index in [9.17, 15) is 18.4 Å². The maximum absolute atomic E-state index is 13.6. The van der Waals surface area contributed by atoms with Gasteiger partial charge in [-0.1, -0.05) is 18.2 Å². The highest BCUT2D eigenvalue weighted by Crippen LogP contribution is 2.26. The van der Waals surface area contributed by atoms with Gasteiger partial charge in [0.05, 0.1) is 12.5 Å². The normalized spacial score (nSPS) is 14.4. The first-order valence-electron chi connectivity index (χ1n) is 8.09. The van der Waals surface area contributed by atoms with E-state index in [1.807, 2.05) is 12.1 Å². The van der Waals surface area contributed by atoms with Gasteiger partial charge in [0.2, 0.25) is 11.8 Å². The van der Waals surface area contributed by atoms with Crippen LogP contribution in [-0.4, -0.2) is 11.8 Å². The Labute approximate surface area is 144 Å². The maximum Gasteiger partial charge on any atom is 0.225 e. The number of amides is 2. The lowest BCUT2D eigenvalue weighted by Crippen LogP contribution is -2.29. The maximum atomic E-state index is 13.6. The highest BCUT2D eigenvalue weighted by atomic mass is 19.1. The summed E-state index contributed by atoms with van der Waals surface area (Å²) in [5, 5.41) is 5.56. The second kappa shape index (κ2) is 7.01. The first-order valence-corrected chi connectivity index (χ1v) is 8.09. The smallest absolute Gasteiger partial charge is 0.225 e. The molecular formula is C19H18F2N2O2. The zero-order chi connectivity index (χ0) is 18.0. The van der Waals surface area contributed by atoms with Crippen LogP contribution in [0.25, 0.3) is 0 Å². The molecule has 3 rings (SSSR count). The van der Waals surface area contributed by atoms with Gasteiger partial charge in [0.15, 0.2) is 0 Å². The van der Waals surface area contributed by atoms with Crippen LogP contribution in [-0.2, 0) is 22.4 Å². The van der Waals surface area contributed by atoms with Gasteiger partial charge in [-0.25, -0.2) is 8.78 Å². The Kier molecular flexibility index (Phi) is 4.79. The summed E-state index contributed by atoms with van der Waals surface area (Å²) in [6, 6.07) is 8.77. The Morgan fingerprint density at radius 2 is 1.92 bits per heavy atom. The summed E-state index contributed by atoms with van der Waals surface area (Å²) in [4.78, 5) is 23.5. The number of nitrogens with one attached hydrogen (secondary N) is 2. The molecule has 2 aromatic rings. The minimum absolute atomic E-state index is 0.00600. The van der Waals surface area contributed by atoms with Gasteiger partial charge < -0.3 is 10.6 Å². The Morgan fingerprint density at radius 3 is 2.64 bits per heavy atom. The highest BCUT2D eigenvalue weighted by Gasteiger charge is 2.18. The van der Waals surface area contributed by atoms with Crippen molar-refractivity contribution >= 4 is 17.5 Å². The van der Waals surface area contributed by atoms with Crippen molar-refractivity contribution in [2.75, 3.05) is 5.32 Å². The summed E-state index contributed by atoms with van der Waals surface area (Å²) in [5.74, 6) is -1.92. The minimum atomic E-state index is -0.729. The number of rotatable bonds is 4. The first kappa shape index (κ1) is 17.1. The molecule has 0 saturated heterocycles. The second-order valence-electron chi connectivity index (χ2n) is 6.13. The van der Waals surface area contributed by atoms with Crippen LogP contribution in [0.5, 0.6) is 0 Å². The van der Waals surface area contributed by atoms with Crippen LogP contribution >= 0.6 is 0 Å². The molecule has 0 bridgehead atoms. The number of hydrogen-bond donors (Lipinski definition) is 2. The molecule has 2 aromatic carbocycles. The fourth-order valence-electron chi connectivity index (χ4n) is 2.91. The molecule has 0 fully saturated rings. The fourth-order valence-corrected chi connectivity index (χ4v) is 2.91. The standard InChI is InChI=1S/C19H18F2N2O2/c1-11(12-5-7-17-13(9-12)6-8-18(24)23-17)22-19(25)10-14-15(20)3-2-4-16(14)21/h2-5,7,9,11H,6,8,10H2,1H3,(H,22,25)(H,23,24). The molecule has 0 radical (unpaired) electrons. The number of hydrogen-bond acceptors (Lipinski definition) is 2. The lowest BCUT2D eigenvalue weighted by Gasteiger charge is -2.20. The largest absolute Gasteiger partial charge is 0.349 e. The average molecular weight is 344 g/mol. The number of carbonyl (C=O) groups is 2.